The molecule has 6 heteroatoms. The summed E-state index contributed by atoms with van der Waals surface area (Å²) in [4.78, 5) is 12.8. The maximum absolute atomic E-state index is 11.6. The summed E-state index contributed by atoms with van der Waals surface area (Å²) in [5.74, 6) is -0.451. The molecule has 1 aromatic carbocycles. The van der Waals surface area contributed by atoms with E-state index in [2.05, 4.69) is 35.7 Å². The molecule has 1 saturated carbocycles. The third-order valence-corrected chi connectivity index (χ3v) is 7.57. The van der Waals surface area contributed by atoms with Crippen molar-refractivity contribution in [2.75, 3.05) is 0 Å². The predicted octanol–water partition coefficient (Wildman–Crippen LogP) is 5.69. The number of esters is 1. The number of hydrogen-bond donors (Lipinski definition) is 3. The van der Waals surface area contributed by atoms with Gasteiger partial charge in [-0.2, -0.15) is 0 Å². The molecular formula is C30H40O5S. The van der Waals surface area contributed by atoms with Gasteiger partial charge in [-0.25, -0.2) is 0 Å². The first kappa shape index (κ1) is 28.3. The van der Waals surface area contributed by atoms with E-state index in [0.717, 1.165) is 19.3 Å². The van der Waals surface area contributed by atoms with Crippen molar-refractivity contribution < 1.29 is 24.9 Å². The van der Waals surface area contributed by atoms with Crippen molar-refractivity contribution in [3.8, 4) is 10.4 Å². The number of allylic oxidation sites excluding steroid dienone is 2. The Kier molecular flexibility index (Phi) is 11.4. The van der Waals surface area contributed by atoms with Gasteiger partial charge >= 0.3 is 5.97 Å². The van der Waals surface area contributed by atoms with Gasteiger partial charge < -0.3 is 20.1 Å². The standard InChI is InChI=1S/C30H40O5S/c1-21(2)35-30(34)10-6-4-3-5-8-25-26(28(33)20-27(25)32)18-17-24(31)16-13-22-11-14-23(15-12-22)29-9-7-19-36-29/h3,5,7,9,11-12,14-15,17-19,21,24-28,31-33H,4,6,8,10,13,16,20H2,1-2H3/b5-3-,18-17+/t24-,25+,26+,27-,28+/m0/s1. The van der Waals surface area contributed by atoms with Gasteiger partial charge in [-0.05, 0) is 74.4 Å². The number of aliphatic hydroxyl groups is 3. The van der Waals surface area contributed by atoms with Gasteiger partial charge in [-0.15, -0.1) is 11.3 Å². The molecule has 0 bridgehead atoms. The second kappa shape index (κ2) is 14.5. The van der Waals surface area contributed by atoms with Gasteiger partial charge in [0.05, 0.1) is 24.4 Å². The first-order chi connectivity index (χ1) is 17.3. The fourth-order valence-corrected chi connectivity index (χ4v) is 5.44. The lowest BCUT2D eigenvalue weighted by molar-refractivity contribution is -0.147. The normalized spacial score (nSPS) is 23.2. The average Bonchev–Trinajstić information content (AvgIpc) is 3.46. The largest absolute Gasteiger partial charge is 0.463 e. The van der Waals surface area contributed by atoms with E-state index >= 15 is 0 Å². The lowest BCUT2D eigenvalue weighted by Gasteiger charge is -2.19. The molecule has 0 radical (unpaired) electrons. The molecule has 1 fully saturated rings. The van der Waals surface area contributed by atoms with Crippen LogP contribution in [-0.2, 0) is 16.0 Å². The molecule has 5 nitrogen and oxygen atoms in total. The van der Waals surface area contributed by atoms with Gasteiger partial charge in [0.2, 0.25) is 0 Å². The van der Waals surface area contributed by atoms with Crippen molar-refractivity contribution in [1.29, 1.82) is 0 Å². The number of benzene rings is 1. The topological polar surface area (TPSA) is 87.0 Å². The van der Waals surface area contributed by atoms with Crippen LogP contribution in [0.4, 0.5) is 0 Å². The number of carbonyl (C=O) groups excluding carboxylic acids is 1. The monoisotopic (exact) mass is 512 g/mol. The number of thiophene rings is 1. The Hall–Kier alpha value is -2.25. The number of aryl methyl sites for hydroxylation is 1. The fraction of sp³-hybridized carbons (Fsp3) is 0.500. The Bertz CT molecular complexity index is 964. The number of carbonyl (C=O) groups is 1. The number of hydrogen-bond acceptors (Lipinski definition) is 6. The van der Waals surface area contributed by atoms with Gasteiger partial charge in [-0.3, -0.25) is 4.79 Å². The molecule has 1 aliphatic rings. The van der Waals surface area contributed by atoms with Crippen LogP contribution in [0, 0.1) is 11.8 Å². The summed E-state index contributed by atoms with van der Waals surface area (Å²) in [5.41, 5.74) is 2.39. The highest BCUT2D eigenvalue weighted by Crippen LogP contribution is 2.36. The van der Waals surface area contributed by atoms with Crippen LogP contribution >= 0.6 is 11.3 Å². The van der Waals surface area contributed by atoms with Gasteiger partial charge in [-0.1, -0.05) is 54.6 Å². The summed E-state index contributed by atoms with van der Waals surface area (Å²) in [6.45, 7) is 3.68. The molecule has 36 heavy (non-hydrogen) atoms. The summed E-state index contributed by atoms with van der Waals surface area (Å²) in [5, 5.41) is 33.5. The smallest absolute Gasteiger partial charge is 0.306 e. The van der Waals surface area contributed by atoms with Gasteiger partial charge in [0, 0.05) is 23.6 Å². The maximum Gasteiger partial charge on any atom is 0.306 e. The van der Waals surface area contributed by atoms with Crippen LogP contribution in [0.3, 0.4) is 0 Å². The number of ether oxygens (including phenoxy) is 1. The van der Waals surface area contributed by atoms with Crippen LogP contribution in [0.15, 0.2) is 66.1 Å². The Morgan fingerprint density at radius 2 is 1.92 bits per heavy atom. The highest BCUT2D eigenvalue weighted by molar-refractivity contribution is 7.13. The molecule has 2 aromatic rings. The van der Waals surface area contributed by atoms with Crippen molar-refractivity contribution >= 4 is 17.3 Å². The van der Waals surface area contributed by atoms with E-state index < -0.39 is 18.3 Å². The molecule has 5 atom stereocenters. The van der Waals surface area contributed by atoms with E-state index in [1.54, 1.807) is 17.4 Å². The predicted molar refractivity (Wildman–Crippen MR) is 146 cm³/mol. The minimum absolute atomic E-state index is 0.0876. The molecule has 0 saturated heterocycles. The first-order valence-electron chi connectivity index (χ1n) is 13.0. The second-order valence-electron chi connectivity index (χ2n) is 9.91. The minimum atomic E-state index is -0.613. The van der Waals surface area contributed by atoms with Crippen LogP contribution in [0.5, 0.6) is 0 Å². The maximum atomic E-state index is 11.6. The summed E-state index contributed by atoms with van der Waals surface area (Å²) in [7, 11) is 0. The Morgan fingerprint density at radius 1 is 1.14 bits per heavy atom. The summed E-state index contributed by atoms with van der Waals surface area (Å²) in [6.07, 6.45) is 10.1. The summed E-state index contributed by atoms with van der Waals surface area (Å²) in [6, 6.07) is 12.6. The van der Waals surface area contributed by atoms with Crippen LogP contribution in [0.2, 0.25) is 0 Å². The van der Waals surface area contributed by atoms with Crippen molar-refractivity contribution in [2.45, 2.75) is 83.2 Å². The van der Waals surface area contributed by atoms with Crippen LogP contribution in [0.25, 0.3) is 10.4 Å². The van der Waals surface area contributed by atoms with Gasteiger partial charge in [0.15, 0.2) is 0 Å². The number of aliphatic hydroxyl groups excluding tert-OH is 3. The lowest BCUT2D eigenvalue weighted by atomic mass is 9.89. The zero-order valence-corrected chi connectivity index (χ0v) is 22.1. The molecule has 0 aliphatic heterocycles. The third-order valence-electron chi connectivity index (χ3n) is 6.65. The number of rotatable bonds is 13. The molecule has 1 aliphatic carbocycles. The van der Waals surface area contributed by atoms with E-state index in [1.807, 2.05) is 38.1 Å². The third kappa shape index (κ3) is 9.00. The van der Waals surface area contributed by atoms with Crippen molar-refractivity contribution in [3.05, 3.63) is 71.6 Å². The van der Waals surface area contributed by atoms with Crippen LogP contribution in [-0.4, -0.2) is 45.7 Å². The molecule has 0 amide bonds. The lowest BCUT2D eigenvalue weighted by Crippen LogP contribution is -2.20. The quantitative estimate of drug-likeness (QED) is 0.182. The molecule has 196 valence electrons. The second-order valence-corrected chi connectivity index (χ2v) is 10.9. The molecule has 1 heterocycles. The zero-order valence-electron chi connectivity index (χ0n) is 21.3. The molecule has 3 N–H and O–H groups in total. The highest BCUT2D eigenvalue weighted by Gasteiger charge is 2.39. The molecular weight excluding hydrogens is 472 g/mol. The molecule has 1 aromatic heterocycles. The van der Waals surface area contributed by atoms with E-state index in [-0.39, 0.29) is 23.9 Å². The molecule has 0 unspecified atom stereocenters. The van der Waals surface area contributed by atoms with E-state index in [9.17, 15) is 20.1 Å². The first-order valence-corrected chi connectivity index (χ1v) is 13.9. The van der Waals surface area contributed by atoms with Crippen LogP contribution in [0.1, 0.15) is 57.9 Å². The Morgan fingerprint density at radius 3 is 2.61 bits per heavy atom. The summed E-state index contributed by atoms with van der Waals surface area (Å²) < 4.78 is 5.13. The average molecular weight is 513 g/mol. The van der Waals surface area contributed by atoms with Gasteiger partial charge in [0.25, 0.3) is 0 Å². The van der Waals surface area contributed by atoms with E-state index in [0.29, 0.717) is 25.7 Å². The Labute approximate surface area is 219 Å². The molecule has 3 rings (SSSR count). The minimum Gasteiger partial charge on any atom is -0.463 e. The zero-order chi connectivity index (χ0) is 25.9. The van der Waals surface area contributed by atoms with Gasteiger partial charge in [0.1, 0.15) is 0 Å². The van der Waals surface area contributed by atoms with Crippen molar-refractivity contribution in [2.24, 2.45) is 11.8 Å². The fourth-order valence-electron chi connectivity index (χ4n) is 4.71. The van der Waals surface area contributed by atoms with E-state index in [4.69, 9.17) is 4.74 Å². The van der Waals surface area contributed by atoms with Crippen LogP contribution < -0.4 is 0 Å². The van der Waals surface area contributed by atoms with Crippen molar-refractivity contribution in [3.63, 3.8) is 0 Å². The molecule has 0 spiro atoms. The number of unbranched alkanes of at least 4 members (excludes halogenated alkanes) is 1. The van der Waals surface area contributed by atoms with E-state index in [1.165, 1.54) is 16.0 Å². The SMILES string of the molecule is CC(C)OC(=O)CCC/C=C\C[C@@H]1[C@@H](/C=C/[C@@H](O)CCc2ccc(-c3cccs3)cc2)[C@H](O)C[C@@H]1O. The Balaban J connectivity index is 1.43. The van der Waals surface area contributed by atoms with Crippen molar-refractivity contribution in [1.82, 2.24) is 0 Å². The highest BCUT2D eigenvalue weighted by atomic mass is 32.1. The summed E-state index contributed by atoms with van der Waals surface area (Å²) >= 11 is 1.72.